The molecule has 270 valence electrons. The van der Waals surface area contributed by atoms with Gasteiger partial charge >= 0.3 is 314 Å². The molecule has 0 aromatic heterocycles. The number of carbonyl (C=O) groups excluding carboxylic acids is 1. The topological polar surface area (TPSA) is 72.5 Å². The second-order valence-electron chi connectivity index (χ2n) is 12.5. The van der Waals surface area contributed by atoms with Crippen molar-refractivity contribution in [1.29, 1.82) is 0 Å². The molecule has 0 spiro atoms. The van der Waals surface area contributed by atoms with Gasteiger partial charge in [-0.05, 0) is 0 Å². The molecular formula is C44H46O7Se. The summed E-state index contributed by atoms with van der Waals surface area (Å²) in [6.45, 7) is 3.65. The summed E-state index contributed by atoms with van der Waals surface area (Å²) >= 11 is -0.357. The van der Waals surface area contributed by atoms with Gasteiger partial charge in [0.05, 0.1) is 0 Å². The summed E-state index contributed by atoms with van der Waals surface area (Å²) in [4.78, 5) is 13.4. The van der Waals surface area contributed by atoms with E-state index in [0.29, 0.717) is 26.4 Å². The van der Waals surface area contributed by atoms with E-state index in [1.165, 1.54) is 0 Å². The standard InChI is InChI=1S/C44H46O7Se/c1-2-47-44(45)43(52-37-26-16-7-17-27-37)42-41(50-31-36-24-14-6-15-25-36)40(49-30-35-22-12-5-13-23-35)39(48-29-34-20-10-4-11-21-34)38(51-42)32-46-28-33-18-8-3-9-19-33/h3-27,38-43H,2,28-32H2,1H3/t38-,39-,40+,41+,42-,43-/m1/s1. The fourth-order valence-corrected chi connectivity index (χ4v) is 8.55. The van der Waals surface area contributed by atoms with Gasteiger partial charge in [-0.1, -0.05) is 0 Å². The Balaban J connectivity index is 1.39. The number of ether oxygens (including phenoxy) is 6. The fraction of sp³-hybridized carbons (Fsp3) is 0.295. The van der Waals surface area contributed by atoms with Crippen LogP contribution in [0.4, 0.5) is 0 Å². The minimum atomic E-state index is -0.717. The summed E-state index contributed by atoms with van der Waals surface area (Å²) in [7, 11) is 0. The Morgan fingerprint density at radius 1 is 0.577 bits per heavy atom. The molecule has 0 radical (unpaired) electrons. The van der Waals surface area contributed by atoms with Crippen LogP contribution in [0.1, 0.15) is 29.2 Å². The van der Waals surface area contributed by atoms with E-state index in [-0.39, 0.29) is 34.1 Å². The van der Waals surface area contributed by atoms with Gasteiger partial charge in [-0.3, -0.25) is 0 Å². The third-order valence-corrected chi connectivity index (χ3v) is 11.4. The predicted molar refractivity (Wildman–Crippen MR) is 202 cm³/mol. The van der Waals surface area contributed by atoms with Crippen LogP contribution in [-0.2, 0) is 59.6 Å². The van der Waals surface area contributed by atoms with E-state index in [1.54, 1.807) is 0 Å². The van der Waals surface area contributed by atoms with Gasteiger partial charge in [-0.15, -0.1) is 0 Å². The van der Waals surface area contributed by atoms with Crippen LogP contribution in [-0.4, -0.2) is 64.7 Å². The van der Waals surface area contributed by atoms with Crippen molar-refractivity contribution in [2.24, 2.45) is 0 Å². The Morgan fingerprint density at radius 2 is 1.00 bits per heavy atom. The average Bonchev–Trinajstić information content (AvgIpc) is 3.20. The molecule has 1 aliphatic heterocycles. The first-order valence-corrected chi connectivity index (χ1v) is 19.6. The van der Waals surface area contributed by atoms with Gasteiger partial charge < -0.3 is 0 Å². The van der Waals surface area contributed by atoms with Crippen molar-refractivity contribution in [3.8, 4) is 0 Å². The maximum absolute atomic E-state index is 14.0. The SMILES string of the molecule is CCOC(=O)[C@H]([Se]c1ccccc1)[C@@H]1O[C@H](COCc2ccccc2)[C@@H](OCc2ccccc2)[C@H](OCc2ccccc2)[C@@H]1OCc1ccccc1. The quantitative estimate of drug-likeness (QED) is 0.0696. The molecule has 1 heterocycles. The van der Waals surface area contributed by atoms with E-state index < -0.39 is 35.3 Å². The summed E-state index contributed by atoms with van der Waals surface area (Å²) in [6, 6.07) is 50.2. The van der Waals surface area contributed by atoms with Crippen molar-refractivity contribution in [1.82, 2.24) is 0 Å². The van der Waals surface area contributed by atoms with E-state index in [2.05, 4.69) is 0 Å². The Kier molecular flexibility index (Phi) is 14.6. The van der Waals surface area contributed by atoms with Gasteiger partial charge in [0, 0.05) is 0 Å². The van der Waals surface area contributed by atoms with Crippen molar-refractivity contribution in [3.63, 3.8) is 0 Å². The number of rotatable bonds is 18. The van der Waals surface area contributed by atoms with E-state index in [1.807, 2.05) is 159 Å². The van der Waals surface area contributed by atoms with Gasteiger partial charge in [0.25, 0.3) is 0 Å². The van der Waals surface area contributed by atoms with Crippen LogP contribution in [0.25, 0.3) is 0 Å². The van der Waals surface area contributed by atoms with Crippen molar-refractivity contribution >= 4 is 25.4 Å². The molecule has 5 aromatic rings. The molecule has 0 N–H and O–H groups in total. The molecule has 8 heteroatoms. The average molecular weight is 766 g/mol. The fourth-order valence-electron chi connectivity index (χ4n) is 6.19. The Hall–Kier alpha value is -4.11. The second kappa shape index (κ2) is 20.2. The molecule has 1 saturated heterocycles. The van der Waals surface area contributed by atoms with Crippen LogP contribution in [0.15, 0.2) is 152 Å². The van der Waals surface area contributed by atoms with Crippen LogP contribution in [0.5, 0.6) is 0 Å². The van der Waals surface area contributed by atoms with E-state index >= 15 is 0 Å². The molecule has 1 aliphatic rings. The normalized spacial score (nSPS) is 20.6. The number of carbonyl (C=O) groups is 1. The number of esters is 1. The van der Waals surface area contributed by atoms with Gasteiger partial charge in [-0.25, -0.2) is 0 Å². The molecule has 5 aromatic carbocycles. The molecule has 0 unspecified atom stereocenters. The summed E-state index contributed by atoms with van der Waals surface area (Å²) in [6.07, 6.45) is -3.21. The van der Waals surface area contributed by atoms with Gasteiger partial charge in [0.2, 0.25) is 0 Å². The van der Waals surface area contributed by atoms with Crippen molar-refractivity contribution in [3.05, 3.63) is 174 Å². The molecule has 1 fully saturated rings. The summed E-state index contributed by atoms with van der Waals surface area (Å²) < 4.78 is 40.8. The summed E-state index contributed by atoms with van der Waals surface area (Å²) in [5.74, 6) is -0.320. The number of hydrogen-bond acceptors (Lipinski definition) is 7. The molecule has 6 atom stereocenters. The van der Waals surface area contributed by atoms with E-state index in [0.717, 1.165) is 26.7 Å². The van der Waals surface area contributed by atoms with E-state index in [4.69, 9.17) is 28.4 Å². The van der Waals surface area contributed by atoms with Crippen LogP contribution in [0.2, 0.25) is 4.82 Å². The van der Waals surface area contributed by atoms with E-state index in [9.17, 15) is 4.79 Å². The third-order valence-electron chi connectivity index (χ3n) is 8.74. The van der Waals surface area contributed by atoms with Crippen molar-refractivity contribution < 1.29 is 33.2 Å². The summed E-state index contributed by atoms with van der Waals surface area (Å²) in [5.41, 5.74) is 4.09. The zero-order valence-electron chi connectivity index (χ0n) is 29.4. The first-order valence-electron chi connectivity index (χ1n) is 17.8. The Bertz CT molecular complexity index is 1730. The van der Waals surface area contributed by atoms with Crippen LogP contribution < -0.4 is 4.46 Å². The van der Waals surface area contributed by atoms with Crippen LogP contribution >= 0.6 is 0 Å². The first-order chi connectivity index (χ1) is 25.7. The predicted octanol–water partition coefficient (Wildman–Crippen LogP) is 7.11. The maximum atomic E-state index is 14.0. The number of hydrogen-bond donors (Lipinski definition) is 0. The molecule has 0 aliphatic carbocycles. The second-order valence-corrected chi connectivity index (χ2v) is 15.1. The van der Waals surface area contributed by atoms with Crippen LogP contribution in [0, 0.1) is 0 Å². The molecule has 0 saturated carbocycles. The minimum absolute atomic E-state index is 0.218. The summed E-state index contributed by atoms with van der Waals surface area (Å²) in [5, 5.41) is 0. The molecule has 0 bridgehead atoms. The first kappa shape index (κ1) is 37.6. The van der Waals surface area contributed by atoms with Gasteiger partial charge in [-0.2, -0.15) is 0 Å². The number of benzene rings is 5. The third kappa shape index (κ3) is 11.0. The molecule has 52 heavy (non-hydrogen) atoms. The zero-order chi connectivity index (χ0) is 35.8. The van der Waals surface area contributed by atoms with Crippen LogP contribution in [0.3, 0.4) is 0 Å². The van der Waals surface area contributed by atoms with Crippen molar-refractivity contribution in [2.75, 3.05) is 13.2 Å². The Labute approximate surface area is 313 Å². The molecular weight excluding hydrogens is 719 g/mol. The Morgan fingerprint density at radius 3 is 1.48 bits per heavy atom. The molecule has 6 rings (SSSR count). The zero-order valence-corrected chi connectivity index (χ0v) is 31.1. The molecule has 7 nitrogen and oxygen atoms in total. The molecule has 0 amide bonds. The van der Waals surface area contributed by atoms with Crippen molar-refractivity contribution in [2.45, 2.75) is 68.7 Å². The van der Waals surface area contributed by atoms with Gasteiger partial charge in [0.15, 0.2) is 0 Å². The monoisotopic (exact) mass is 766 g/mol. The van der Waals surface area contributed by atoms with Gasteiger partial charge in [0.1, 0.15) is 0 Å².